The summed E-state index contributed by atoms with van der Waals surface area (Å²) in [6, 6.07) is 0. The van der Waals surface area contributed by atoms with Crippen molar-refractivity contribution in [1.29, 1.82) is 0 Å². The van der Waals surface area contributed by atoms with E-state index in [9.17, 15) is 22.0 Å². The third-order valence-corrected chi connectivity index (χ3v) is 4.04. The molecule has 2 aliphatic heterocycles. The molecule has 2 fully saturated rings. The van der Waals surface area contributed by atoms with Crippen molar-refractivity contribution in [1.82, 2.24) is 4.90 Å². The molecule has 0 radical (unpaired) electrons. The fourth-order valence-electron chi connectivity index (χ4n) is 1.93. The average Bonchev–Trinajstić information content (AvgIpc) is 3.19. The zero-order valence-electron chi connectivity index (χ0n) is 10.5. The minimum atomic E-state index is -5.75. The Kier molecular flexibility index (Phi) is 4.28. The third-order valence-electron chi connectivity index (χ3n) is 3.22. The van der Waals surface area contributed by atoms with Gasteiger partial charge in [-0.1, -0.05) is 0 Å². The van der Waals surface area contributed by atoms with Crippen LogP contribution in [0, 0.1) is 0 Å². The predicted molar refractivity (Wildman–Crippen MR) is 61.8 cm³/mol. The summed E-state index contributed by atoms with van der Waals surface area (Å²) < 4.78 is 66.2. The lowest BCUT2D eigenvalue weighted by Crippen LogP contribution is -2.51. The van der Waals surface area contributed by atoms with E-state index >= 15 is 0 Å². The highest BCUT2D eigenvalue weighted by molar-refractivity contribution is 7.87. The Morgan fingerprint density at radius 2 is 1.95 bits per heavy atom. The van der Waals surface area contributed by atoms with Crippen molar-refractivity contribution in [3.63, 3.8) is 0 Å². The molecule has 0 aromatic rings. The van der Waals surface area contributed by atoms with Gasteiger partial charge in [-0.05, 0) is 12.8 Å². The van der Waals surface area contributed by atoms with Crippen molar-refractivity contribution in [2.75, 3.05) is 26.3 Å². The Bertz CT molecular complexity index is 470. The number of alkyl halides is 2. The molecule has 10 heteroatoms. The molecule has 0 spiro atoms. The van der Waals surface area contributed by atoms with Gasteiger partial charge in [0.25, 0.3) is 0 Å². The fourth-order valence-corrected chi connectivity index (χ4v) is 2.28. The second-order valence-electron chi connectivity index (χ2n) is 4.77. The van der Waals surface area contributed by atoms with Gasteiger partial charge < -0.3 is 14.4 Å². The second kappa shape index (κ2) is 5.51. The number of ether oxygens (including phenoxy) is 2. The predicted octanol–water partition coefficient (Wildman–Crippen LogP) is -0.127. The molecule has 2 rings (SSSR count). The maximum atomic E-state index is 13.2. The number of nitrogens with zero attached hydrogens (tertiary/aromatic N) is 1. The first kappa shape index (κ1) is 15.5. The number of likely N-dealkylation sites (tertiary alicyclic amines) is 1. The molecule has 0 bridgehead atoms. The van der Waals surface area contributed by atoms with Crippen LogP contribution >= 0.6 is 0 Å². The topological polar surface area (TPSA) is 96.4 Å². The zero-order chi connectivity index (χ0) is 15.0. The van der Waals surface area contributed by atoms with Crippen LogP contribution in [0.4, 0.5) is 8.78 Å². The Balaban J connectivity index is 1.84. The molecule has 2 saturated heterocycles. The average molecular weight is 315 g/mol. The SMILES string of the molecule is O=C(N1CCC(OCC2CO2)CC1)C(F)(F)S(=O)(=O)O. The number of carbonyl (C=O) groups is 1. The van der Waals surface area contributed by atoms with Gasteiger partial charge in [-0.2, -0.15) is 17.2 Å². The van der Waals surface area contributed by atoms with E-state index in [1.165, 1.54) is 0 Å². The number of epoxide rings is 1. The normalized spacial score (nSPS) is 24.8. The van der Waals surface area contributed by atoms with E-state index in [1.54, 1.807) is 0 Å². The maximum Gasteiger partial charge on any atom is 0.446 e. The number of hydrogen-bond donors (Lipinski definition) is 1. The highest BCUT2D eigenvalue weighted by atomic mass is 32.2. The van der Waals surface area contributed by atoms with Crippen molar-refractivity contribution in [3.05, 3.63) is 0 Å². The van der Waals surface area contributed by atoms with Gasteiger partial charge in [0.1, 0.15) is 6.10 Å². The van der Waals surface area contributed by atoms with Crippen LogP contribution in [-0.4, -0.2) is 67.5 Å². The van der Waals surface area contributed by atoms with Crippen LogP contribution in [-0.2, 0) is 24.4 Å². The summed E-state index contributed by atoms with van der Waals surface area (Å²) in [6.07, 6.45) is 0.598. The summed E-state index contributed by atoms with van der Waals surface area (Å²) in [7, 11) is -5.75. The molecule has 20 heavy (non-hydrogen) atoms. The minimum Gasteiger partial charge on any atom is -0.375 e. The highest BCUT2D eigenvalue weighted by Crippen LogP contribution is 2.26. The van der Waals surface area contributed by atoms with E-state index in [-0.39, 0.29) is 25.3 Å². The molecule has 1 amide bonds. The molecule has 0 aromatic heterocycles. The van der Waals surface area contributed by atoms with Gasteiger partial charge in [0.15, 0.2) is 0 Å². The van der Waals surface area contributed by atoms with Crippen molar-refractivity contribution in [2.24, 2.45) is 0 Å². The number of halogens is 2. The van der Waals surface area contributed by atoms with Gasteiger partial charge in [-0.25, -0.2) is 0 Å². The van der Waals surface area contributed by atoms with E-state index in [0.29, 0.717) is 26.1 Å². The Morgan fingerprint density at radius 1 is 1.40 bits per heavy atom. The molecule has 1 N–H and O–H groups in total. The largest absolute Gasteiger partial charge is 0.446 e. The third kappa shape index (κ3) is 3.43. The maximum absolute atomic E-state index is 13.2. The summed E-state index contributed by atoms with van der Waals surface area (Å²) in [4.78, 5) is 12.1. The lowest BCUT2D eigenvalue weighted by molar-refractivity contribution is -0.150. The smallest absolute Gasteiger partial charge is 0.375 e. The number of amides is 1. The van der Waals surface area contributed by atoms with E-state index in [2.05, 4.69) is 0 Å². The first-order valence-electron chi connectivity index (χ1n) is 6.09. The minimum absolute atomic E-state index is 0.0415. The van der Waals surface area contributed by atoms with Crippen LogP contribution in [0.5, 0.6) is 0 Å². The van der Waals surface area contributed by atoms with Crippen molar-refractivity contribution < 1.29 is 36.0 Å². The van der Waals surface area contributed by atoms with E-state index in [0.717, 1.165) is 4.90 Å². The van der Waals surface area contributed by atoms with Crippen LogP contribution < -0.4 is 0 Å². The van der Waals surface area contributed by atoms with Crippen LogP contribution in [0.15, 0.2) is 0 Å². The second-order valence-corrected chi connectivity index (χ2v) is 6.23. The van der Waals surface area contributed by atoms with Crippen molar-refractivity contribution in [2.45, 2.75) is 30.3 Å². The fraction of sp³-hybridized carbons (Fsp3) is 0.900. The van der Waals surface area contributed by atoms with Crippen molar-refractivity contribution >= 4 is 16.0 Å². The molecule has 2 heterocycles. The number of carbonyl (C=O) groups excluding carboxylic acids is 1. The molecule has 7 nitrogen and oxygen atoms in total. The summed E-state index contributed by atoms with van der Waals surface area (Å²) in [5, 5.41) is -4.80. The zero-order valence-corrected chi connectivity index (χ0v) is 11.3. The molecule has 116 valence electrons. The number of rotatable bonds is 5. The quantitative estimate of drug-likeness (QED) is 0.561. The summed E-state index contributed by atoms with van der Waals surface area (Å²) in [5.74, 6) is -1.90. The highest BCUT2D eigenvalue weighted by Gasteiger charge is 2.54. The standard InChI is InChI=1S/C10H15F2NO6S/c11-10(12,20(15,16)17)9(14)13-3-1-7(2-4-13)18-5-8-6-19-8/h7-8H,1-6H2,(H,15,16,17). The molecular weight excluding hydrogens is 300 g/mol. The first-order valence-corrected chi connectivity index (χ1v) is 7.53. The number of hydrogen-bond acceptors (Lipinski definition) is 5. The molecule has 0 aromatic carbocycles. The van der Waals surface area contributed by atoms with Crippen LogP contribution in [0.2, 0.25) is 0 Å². The van der Waals surface area contributed by atoms with Gasteiger partial charge in [0.2, 0.25) is 0 Å². The molecule has 1 atom stereocenters. The molecule has 1 unspecified atom stereocenters. The molecule has 0 aliphatic carbocycles. The lowest BCUT2D eigenvalue weighted by Gasteiger charge is -2.33. The van der Waals surface area contributed by atoms with E-state index < -0.39 is 21.3 Å². The Hall–Kier alpha value is -0.840. The Labute approximate surface area is 114 Å². The molecule has 2 aliphatic rings. The first-order chi connectivity index (χ1) is 9.22. The van der Waals surface area contributed by atoms with Gasteiger partial charge in [-0.15, -0.1) is 0 Å². The lowest BCUT2D eigenvalue weighted by atomic mass is 10.1. The van der Waals surface area contributed by atoms with Crippen molar-refractivity contribution in [3.8, 4) is 0 Å². The van der Waals surface area contributed by atoms with Crippen LogP contribution in [0.25, 0.3) is 0 Å². The van der Waals surface area contributed by atoms with Crippen LogP contribution in [0.3, 0.4) is 0 Å². The molecule has 0 saturated carbocycles. The summed E-state index contributed by atoms with van der Waals surface area (Å²) >= 11 is 0. The van der Waals surface area contributed by atoms with E-state index in [1.807, 2.05) is 0 Å². The van der Waals surface area contributed by atoms with Gasteiger partial charge in [-0.3, -0.25) is 9.35 Å². The Morgan fingerprint density at radius 3 is 2.40 bits per heavy atom. The van der Waals surface area contributed by atoms with E-state index in [4.69, 9.17) is 14.0 Å². The number of piperidine rings is 1. The monoisotopic (exact) mass is 315 g/mol. The molecular formula is C10H15F2NO6S. The summed E-state index contributed by atoms with van der Waals surface area (Å²) in [6.45, 7) is 0.998. The van der Waals surface area contributed by atoms with Gasteiger partial charge in [0.05, 0.1) is 19.3 Å². The van der Waals surface area contributed by atoms with Gasteiger partial charge in [0, 0.05) is 13.1 Å². The van der Waals surface area contributed by atoms with Crippen LogP contribution in [0.1, 0.15) is 12.8 Å². The van der Waals surface area contributed by atoms with Gasteiger partial charge >= 0.3 is 21.3 Å². The summed E-state index contributed by atoms with van der Waals surface area (Å²) in [5.41, 5.74) is 0.